The van der Waals surface area contributed by atoms with Crippen molar-refractivity contribution in [3.63, 3.8) is 0 Å². The second-order valence-corrected chi connectivity index (χ2v) is 7.23. The number of esters is 1. The molecule has 0 aromatic heterocycles. The molecule has 1 aliphatic rings. The smallest absolute Gasteiger partial charge is 0.354 e. The summed E-state index contributed by atoms with van der Waals surface area (Å²) in [7, 11) is 1.27. The van der Waals surface area contributed by atoms with Crippen LogP contribution in [0.2, 0.25) is 0 Å². The predicted molar refractivity (Wildman–Crippen MR) is 122 cm³/mol. The molecule has 0 aliphatic heterocycles. The molecule has 3 aromatic rings. The largest absolute Gasteiger partial charge is 0.464 e. The lowest BCUT2D eigenvalue weighted by Crippen LogP contribution is -2.20. The highest BCUT2D eigenvalue weighted by atomic mass is 16.5. The number of rotatable bonds is 6. The summed E-state index contributed by atoms with van der Waals surface area (Å²) in [6.45, 7) is 2.05. The standard InChI is InChI=1S/C26H22N2O3/c1-3-17-12-14-18(15-13-17)24(29)16-23(26(30)31-2)27-28-25-21-10-6-4-8-19(21)20-9-5-7-11-22(20)25/h4-15H,3,16H2,1-2H3. The first kappa shape index (κ1) is 20.4. The van der Waals surface area contributed by atoms with Crippen molar-refractivity contribution in [3.8, 4) is 11.1 Å². The van der Waals surface area contributed by atoms with Gasteiger partial charge >= 0.3 is 5.97 Å². The highest BCUT2D eigenvalue weighted by Gasteiger charge is 2.25. The van der Waals surface area contributed by atoms with E-state index in [1.807, 2.05) is 60.7 Å². The Balaban J connectivity index is 1.69. The molecule has 4 rings (SSSR count). The summed E-state index contributed by atoms with van der Waals surface area (Å²) in [5, 5.41) is 8.58. The monoisotopic (exact) mass is 410 g/mol. The topological polar surface area (TPSA) is 68.1 Å². The predicted octanol–water partition coefficient (Wildman–Crippen LogP) is 4.87. The van der Waals surface area contributed by atoms with Gasteiger partial charge in [0, 0.05) is 16.7 Å². The molecule has 1 aliphatic carbocycles. The number of nitrogens with zero attached hydrogens (tertiary/aromatic N) is 2. The van der Waals surface area contributed by atoms with Crippen LogP contribution in [0.25, 0.3) is 11.1 Å². The minimum atomic E-state index is -0.664. The van der Waals surface area contributed by atoms with Crippen LogP contribution in [0.5, 0.6) is 0 Å². The molecule has 0 N–H and O–H groups in total. The van der Waals surface area contributed by atoms with Crippen molar-refractivity contribution >= 4 is 23.2 Å². The first-order valence-electron chi connectivity index (χ1n) is 10.2. The van der Waals surface area contributed by atoms with E-state index in [9.17, 15) is 9.59 Å². The quantitative estimate of drug-likeness (QED) is 0.197. The molecule has 0 fully saturated rings. The maximum Gasteiger partial charge on any atom is 0.354 e. The SMILES string of the molecule is CCc1ccc(C(=O)CC(=NN=C2c3ccccc3-c3ccccc32)C(=O)OC)cc1. The normalized spacial score (nSPS) is 12.2. The molecule has 31 heavy (non-hydrogen) atoms. The van der Waals surface area contributed by atoms with Gasteiger partial charge in [0.05, 0.1) is 13.5 Å². The molecule has 3 aromatic carbocycles. The molecular weight excluding hydrogens is 388 g/mol. The van der Waals surface area contributed by atoms with Crippen molar-refractivity contribution in [2.75, 3.05) is 7.11 Å². The number of fused-ring (bicyclic) bond motifs is 3. The fourth-order valence-electron chi connectivity index (χ4n) is 3.66. The van der Waals surface area contributed by atoms with Crippen LogP contribution in [-0.4, -0.2) is 30.3 Å². The van der Waals surface area contributed by atoms with Crippen LogP contribution in [0.15, 0.2) is 83.0 Å². The zero-order valence-corrected chi connectivity index (χ0v) is 17.5. The Morgan fingerprint density at radius 3 is 1.87 bits per heavy atom. The minimum absolute atomic E-state index is 0.0265. The number of carbonyl (C=O) groups is 2. The third kappa shape index (κ3) is 4.08. The van der Waals surface area contributed by atoms with Crippen LogP contribution in [0, 0.1) is 0 Å². The Morgan fingerprint density at radius 1 is 0.806 bits per heavy atom. The number of aryl methyl sites for hydroxylation is 1. The zero-order chi connectivity index (χ0) is 21.8. The minimum Gasteiger partial charge on any atom is -0.464 e. The van der Waals surface area contributed by atoms with Crippen LogP contribution in [0.4, 0.5) is 0 Å². The number of hydrogen-bond donors (Lipinski definition) is 0. The average Bonchev–Trinajstić information content (AvgIpc) is 3.15. The van der Waals surface area contributed by atoms with Crippen LogP contribution in [0.1, 0.15) is 40.4 Å². The molecule has 0 amide bonds. The summed E-state index contributed by atoms with van der Waals surface area (Å²) in [4.78, 5) is 25.0. The van der Waals surface area contributed by atoms with E-state index in [4.69, 9.17) is 4.74 Å². The fraction of sp³-hybridized carbons (Fsp3) is 0.154. The van der Waals surface area contributed by atoms with Crippen LogP contribution in [-0.2, 0) is 16.0 Å². The van der Waals surface area contributed by atoms with E-state index in [1.54, 1.807) is 12.1 Å². The number of benzene rings is 3. The first-order valence-corrected chi connectivity index (χ1v) is 10.2. The van der Waals surface area contributed by atoms with Crippen LogP contribution >= 0.6 is 0 Å². The van der Waals surface area contributed by atoms with Gasteiger partial charge in [0.2, 0.25) is 0 Å². The van der Waals surface area contributed by atoms with Gasteiger partial charge in [0.15, 0.2) is 11.5 Å². The molecular formula is C26H22N2O3. The van der Waals surface area contributed by atoms with Crippen molar-refractivity contribution in [1.82, 2.24) is 0 Å². The van der Waals surface area contributed by atoms with Crippen molar-refractivity contribution in [2.24, 2.45) is 10.2 Å². The van der Waals surface area contributed by atoms with Gasteiger partial charge in [-0.15, -0.1) is 10.2 Å². The Hall–Kier alpha value is -3.86. The Kier molecular flexibility index (Phi) is 5.85. The summed E-state index contributed by atoms with van der Waals surface area (Å²) in [5.41, 5.74) is 6.34. The van der Waals surface area contributed by atoms with E-state index < -0.39 is 5.97 Å². The van der Waals surface area contributed by atoms with E-state index in [0.717, 1.165) is 34.2 Å². The van der Waals surface area contributed by atoms with Crippen molar-refractivity contribution in [2.45, 2.75) is 19.8 Å². The summed E-state index contributed by atoms with van der Waals surface area (Å²) in [6.07, 6.45) is 0.710. The molecule has 0 heterocycles. The number of Topliss-reactive ketones (excluding diaryl/α,β-unsaturated/α-hetero) is 1. The second kappa shape index (κ2) is 8.88. The van der Waals surface area contributed by atoms with Gasteiger partial charge in [-0.3, -0.25) is 4.79 Å². The number of ether oxygens (including phenoxy) is 1. The van der Waals surface area contributed by atoms with Crippen molar-refractivity contribution in [1.29, 1.82) is 0 Å². The molecule has 0 radical (unpaired) electrons. The maximum atomic E-state index is 12.7. The van der Waals surface area contributed by atoms with Gasteiger partial charge in [-0.25, -0.2) is 4.79 Å². The van der Waals surface area contributed by atoms with Gasteiger partial charge in [0.25, 0.3) is 0 Å². The summed E-state index contributed by atoms with van der Waals surface area (Å²) < 4.78 is 4.85. The Labute approximate surface area is 181 Å². The Bertz CT molecular complexity index is 1160. The molecule has 5 heteroatoms. The second-order valence-electron chi connectivity index (χ2n) is 7.23. The van der Waals surface area contributed by atoms with E-state index in [0.29, 0.717) is 11.3 Å². The van der Waals surface area contributed by atoms with E-state index in [-0.39, 0.29) is 17.9 Å². The van der Waals surface area contributed by atoms with Gasteiger partial charge in [-0.2, -0.15) is 0 Å². The summed E-state index contributed by atoms with van der Waals surface area (Å²) in [5.74, 6) is -0.873. The molecule has 0 saturated carbocycles. The molecule has 154 valence electrons. The molecule has 0 atom stereocenters. The van der Waals surface area contributed by atoms with Crippen LogP contribution in [0.3, 0.4) is 0 Å². The molecule has 0 unspecified atom stereocenters. The third-order valence-corrected chi connectivity index (χ3v) is 5.36. The number of ketones is 1. The molecule has 0 bridgehead atoms. The lowest BCUT2D eigenvalue weighted by atomic mass is 10.0. The molecule has 0 saturated heterocycles. The summed E-state index contributed by atoms with van der Waals surface area (Å²) in [6, 6.07) is 23.2. The number of hydrogen-bond acceptors (Lipinski definition) is 5. The van der Waals surface area contributed by atoms with E-state index in [2.05, 4.69) is 17.1 Å². The average molecular weight is 410 g/mol. The Morgan fingerprint density at radius 2 is 1.35 bits per heavy atom. The van der Waals surface area contributed by atoms with Gasteiger partial charge in [-0.1, -0.05) is 79.7 Å². The highest BCUT2D eigenvalue weighted by Crippen LogP contribution is 2.36. The van der Waals surface area contributed by atoms with Gasteiger partial charge in [0.1, 0.15) is 5.71 Å². The first-order chi connectivity index (χ1) is 15.1. The maximum absolute atomic E-state index is 12.7. The van der Waals surface area contributed by atoms with E-state index >= 15 is 0 Å². The molecule has 0 spiro atoms. The number of methoxy groups -OCH3 is 1. The highest BCUT2D eigenvalue weighted by molar-refractivity contribution is 6.40. The van der Waals surface area contributed by atoms with Crippen molar-refractivity contribution < 1.29 is 14.3 Å². The zero-order valence-electron chi connectivity index (χ0n) is 17.5. The van der Waals surface area contributed by atoms with E-state index in [1.165, 1.54) is 7.11 Å². The lowest BCUT2D eigenvalue weighted by molar-refractivity contribution is -0.132. The number of carbonyl (C=O) groups excluding carboxylic acids is 2. The fourth-order valence-corrected chi connectivity index (χ4v) is 3.66. The van der Waals surface area contributed by atoms with Crippen LogP contribution < -0.4 is 0 Å². The molecule has 5 nitrogen and oxygen atoms in total. The van der Waals surface area contributed by atoms with Gasteiger partial charge < -0.3 is 4.74 Å². The van der Waals surface area contributed by atoms with Gasteiger partial charge in [-0.05, 0) is 23.1 Å². The van der Waals surface area contributed by atoms with Crippen molar-refractivity contribution in [3.05, 3.63) is 95.1 Å². The summed E-state index contributed by atoms with van der Waals surface area (Å²) >= 11 is 0. The third-order valence-electron chi connectivity index (χ3n) is 5.36. The lowest BCUT2D eigenvalue weighted by Gasteiger charge is -2.05.